The molecule has 3 heteroatoms. The molecule has 1 N–H and O–H groups in total. The molecule has 1 fully saturated rings. The second-order valence-electron chi connectivity index (χ2n) is 4.13. The third-order valence-corrected chi connectivity index (χ3v) is 5.95. The third-order valence-electron chi connectivity index (χ3n) is 2.23. The summed E-state index contributed by atoms with van der Waals surface area (Å²) >= 11 is 0.830. The minimum absolute atomic E-state index is 0.0816. The fourth-order valence-corrected chi connectivity index (χ4v) is 3.04. The van der Waals surface area contributed by atoms with E-state index in [1.54, 1.807) is 0 Å². The van der Waals surface area contributed by atoms with Crippen LogP contribution in [0.4, 0.5) is 0 Å². The van der Waals surface area contributed by atoms with Crippen molar-refractivity contribution in [2.24, 2.45) is 0 Å². The SMILES string of the molecule is C=C1[N]([Tl])C(C)(C)NC1(C)C. The van der Waals surface area contributed by atoms with Gasteiger partial charge in [0.2, 0.25) is 0 Å². The Kier molecular flexibility index (Phi) is 2.12. The summed E-state index contributed by atoms with van der Waals surface area (Å²) in [5.41, 5.74) is 1.43. The van der Waals surface area contributed by atoms with Gasteiger partial charge in [0.25, 0.3) is 0 Å². The van der Waals surface area contributed by atoms with E-state index < -0.39 is 0 Å². The topological polar surface area (TPSA) is 15.3 Å². The predicted molar refractivity (Wildman–Crippen MR) is 48.0 cm³/mol. The van der Waals surface area contributed by atoms with Crippen LogP contribution in [-0.4, -0.2) is 40.0 Å². The van der Waals surface area contributed by atoms with Crippen molar-refractivity contribution in [1.82, 2.24) is 8.03 Å². The average molecular weight is 344 g/mol. The zero-order chi connectivity index (χ0) is 8.86. The van der Waals surface area contributed by atoms with Crippen LogP contribution >= 0.6 is 0 Å². The Hall–Kier alpha value is 0.422. The fourth-order valence-electron chi connectivity index (χ4n) is 1.54. The van der Waals surface area contributed by atoms with Crippen molar-refractivity contribution in [3.05, 3.63) is 12.3 Å². The van der Waals surface area contributed by atoms with Gasteiger partial charge in [-0.25, -0.2) is 0 Å². The molecule has 0 unspecified atom stereocenters. The van der Waals surface area contributed by atoms with E-state index >= 15 is 0 Å². The van der Waals surface area contributed by atoms with Gasteiger partial charge in [-0.2, -0.15) is 0 Å². The Morgan fingerprint density at radius 3 is 1.91 bits per heavy atom. The molecule has 0 aromatic rings. The summed E-state index contributed by atoms with van der Waals surface area (Å²) in [6, 6.07) is 0. The maximum absolute atomic E-state index is 4.09. The second-order valence-corrected chi connectivity index (χ2v) is 6.13. The first-order valence-corrected chi connectivity index (χ1v) is 5.82. The van der Waals surface area contributed by atoms with Gasteiger partial charge in [0, 0.05) is 0 Å². The van der Waals surface area contributed by atoms with E-state index in [0.717, 1.165) is 26.1 Å². The second kappa shape index (κ2) is 2.45. The number of nitrogens with one attached hydrogen (secondary N) is 1. The molecule has 0 saturated carbocycles. The molecule has 1 rings (SSSR count). The van der Waals surface area contributed by atoms with E-state index in [0.29, 0.717) is 0 Å². The van der Waals surface area contributed by atoms with Crippen molar-refractivity contribution in [2.75, 3.05) is 0 Å². The van der Waals surface area contributed by atoms with Gasteiger partial charge in [-0.3, -0.25) is 0 Å². The van der Waals surface area contributed by atoms with E-state index in [2.05, 4.69) is 42.3 Å². The molecule has 0 bridgehead atoms. The van der Waals surface area contributed by atoms with E-state index in [9.17, 15) is 0 Å². The van der Waals surface area contributed by atoms with Crippen molar-refractivity contribution >= 4 is 26.1 Å². The molecule has 0 spiro atoms. The number of hydrogen-bond donors (Lipinski definition) is 1. The number of nitrogens with zero attached hydrogens (tertiary/aromatic N) is 1. The van der Waals surface area contributed by atoms with Crippen LogP contribution in [0.1, 0.15) is 27.7 Å². The van der Waals surface area contributed by atoms with Crippen LogP contribution in [-0.2, 0) is 0 Å². The molecule has 1 heterocycles. The predicted octanol–water partition coefficient (Wildman–Crippen LogP) is 1.00. The van der Waals surface area contributed by atoms with E-state index in [1.807, 2.05) is 0 Å². The van der Waals surface area contributed by atoms with Crippen molar-refractivity contribution in [3.8, 4) is 0 Å². The van der Waals surface area contributed by atoms with Gasteiger partial charge < -0.3 is 0 Å². The van der Waals surface area contributed by atoms with Crippen molar-refractivity contribution < 1.29 is 0 Å². The van der Waals surface area contributed by atoms with Crippen LogP contribution in [0.15, 0.2) is 12.3 Å². The summed E-state index contributed by atoms with van der Waals surface area (Å²) in [4.78, 5) is 0. The van der Waals surface area contributed by atoms with Crippen LogP contribution in [0.3, 0.4) is 0 Å². The summed E-state index contributed by atoms with van der Waals surface area (Å²) in [6.45, 7) is 12.9. The summed E-state index contributed by atoms with van der Waals surface area (Å²) in [5.74, 6) is 0. The normalized spacial score (nSPS) is 27.5. The van der Waals surface area contributed by atoms with E-state index in [-0.39, 0.29) is 11.2 Å². The first kappa shape index (κ1) is 9.51. The molecule has 60 valence electrons. The first-order valence-electron chi connectivity index (χ1n) is 3.81. The monoisotopic (exact) mass is 344 g/mol. The Labute approximate surface area is 85.1 Å². The Morgan fingerprint density at radius 2 is 1.82 bits per heavy atom. The molecule has 2 nitrogen and oxygen atoms in total. The zero-order valence-electron chi connectivity index (χ0n) is 7.73. The van der Waals surface area contributed by atoms with Gasteiger partial charge in [-0.15, -0.1) is 0 Å². The van der Waals surface area contributed by atoms with Crippen LogP contribution in [0.25, 0.3) is 0 Å². The molecule has 11 heavy (non-hydrogen) atoms. The van der Waals surface area contributed by atoms with Gasteiger partial charge >= 0.3 is 85.3 Å². The third kappa shape index (κ3) is 1.47. The van der Waals surface area contributed by atoms with Crippen molar-refractivity contribution in [2.45, 2.75) is 38.9 Å². The Bertz CT molecular complexity index is 196. The standard InChI is InChI=1S/C8H15N2.Tl/c1-6-7(2,3)10-8(4,5)9-6;/h10H,1H2,2-5H3;/q-1;+1. The summed E-state index contributed by atoms with van der Waals surface area (Å²) in [5, 5.41) is 3.54. The van der Waals surface area contributed by atoms with Gasteiger partial charge in [-0.05, 0) is 0 Å². The van der Waals surface area contributed by atoms with Gasteiger partial charge in [0.15, 0.2) is 0 Å². The van der Waals surface area contributed by atoms with Crippen molar-refractivity contribution in [3.63, 3.8) is 0 Å². The fraction of sp³-hybridized carbons (Fsp3) is 0.750. The maximum atomic E-state index is 4.09. The van der Waals surface area contributed by atoms with Gasteiger partial charge in [0.05, 0.1) is 0 Å². The molecule has 1 aliphatic heterocycles. The van der Waals surface area contributed by atoms with Crippen LogP contribution in [0, 0.1) is 0 Å². The molecule has 0 atom stereocenters. The van der Waals surface area contributed by atoms with Gasteiger partial charge in [-0.1, -0.05) is 0 Å². The zero-order valence-corrected chi connectivity index (χ0v) is 12.2. The van der Waals surface area contributed by atoms with Crippen LogP contribution < -0.4 is 5.32 Å². The Morgan fingerprint density at radius 1 is 1.36 bits per heavy atom. The molecule has 0 aromatic heterocycles. The minimum atomic E-state index is 0.0816. The average Bonchev–Trinajstić information content (AvgIpc) is 1.91. The van der Waals surface area contributed by atoms with Crippen LogP contribution in [0.2, 0.25) is 0 Å². The number of hydrogen-bond acceptors (Lipinski definition) is 2. The quantitative estimate of drug-likeness (QED) is 0.660. The molecular weight excluding hydrogens is 328 g/mol. The van der Waals surface area contributed by atoms with Gasteiger partial charge in [0.1, 0.15) is 0 Å². The summed E-state index contributed by atoms with van der Waals surface area (Å²) < 4.78 is 2.35. The molecule has 0 amide bonds. The summed E-state index contributed by atoms with van der Waals surface area (Å²) in [6.07, 6.45) is 0. The molecule has 0 aliphatic carbocycles. The molecule has 1 aliphatic rings. The summed E-state index contributed by atoms with van der Waals surface area (Å²) in [7, 11) is 0. The molecule has 1 saturated heterocycles. The molecule has 0 radical (unpaired) electrons. The van der Waals surface area contributed by atoms with E-state index in [4.69, 9.17) is 0 Å². The van der Waals surface area contributed by atoms with Crippen LogP contribution in [0.5, 0.6) is 0 Å². The Balaban J connectivity index is 2.96. The molecule has 0 aromatic carbocycles. The molecular formula is C8H15N2Tl. The number of rotatable bonds is 0. The van der Waals surface area contributed by atoms with E-state index in [1.165, 1.54) is 5.70 Å². The first-order chi connectivity index (χ1) is 4.77. The van der Waals surface area contributed by atoms with Crippen molar-refractivity contribution in [1.29, 1.82) is 0 Å².